The summed E-state index contributed by atoms with van der Waals surface area (Å²) in [5.74, 6) is -2.14. The molecule has 17 nitrogen and oxygen atoms in total. The number of allylic oxidation sites excluding steroid dienone is 4. The molecule has 0 rings (SSSR count). The van der Waals surface area contributed by atoms with Crippen LogP contribution in [0, 0.1) is 0 Å². The van der Waals surface area contributed by atoms with Crippen LogP contribution < -0.4 is 0 Å². The summed E-state index contributed by atoms with van der Waals surface area (Å²) in [5.41, 5.74) is 0. The maximum Gasteiger partial charge on any atom is 0.472 e. The lowest BCUT2D eigenvalue weighted by molar-refractivity contribution is -0.161. The van der Waals surface area contributed by atoms with Crippen LogP contribution in [-0.4, -0.2) is 96.7 Å². The Morgan fingerprint density at radius 2 is 0.479 bits per heavy atom. The lowest BCUT2D eigenvalue weighted by atomic mass is 10.0. The maximum atomic E-state index is 13.1. The molecule has 0 saturated carbocycles. The van der Waals surface area contributed by atoms with Crippen molar-refractivity contribution in [3.05, 3.63) is 24.3 Å². The third-order valence-electron chi connectivity index (χ3n) is 17.4. The van der Waals surface area contributed by atoms with Gasteiger partial charge in [0.25, 0.3) is 0 Å². The average molecular weight is 1410 g/mol. The third-order valence-corrected chi connectivity index (χ3v) is 19.3. The number of esters is 4. The van der Waals surface area contributed by atoms with E-state index in [-0.39, 0.29) is 25.7 Å². The van der Waals surface area contributed by atoms with Gasteiger partial charge < -0.3 is 33.8 Å². The van der Waals surface area contributed by atoms with E-state index in [1.54, 1.807) is 0 Å². The van der Waals surface area contributed by atoms with Crippen LogP contribution in [0.4, 0.5) is 0 Å². The third kappa shape index (κ3) is 70.0. The minimum absolute atomic E-state index is 0.103. The molecule has 0 aliphatic carbocycles. The minimum Gasteiger partial charge on any atom is -0.462 e. The predicted molar refractivity (Wildman–Crippen MR) is 391 cm³/mol. The molecular weight excluding hydrogens is 1260 g/mol. The highest BCUT2D eigenvalue weighted by Gasteiger charge is 2.30. The summed E-state index contributed by atoms with van der Waals surface area (Å²) >= 11 is 0. The molecule has 0 aromatic heterocycles. The van der Waals surface area contributed by atoms with Crippen molar-refractivity contribution in [3.63, 3.8) is 0 Å². The Bertz CT molecular complexity index is 1920. The van der Waals surface area contributed by atoms with Gasteiger partial charge in [-0.25, -0.2) is 9.13 Å². The van der Waals surface area contributed by atoms with Crippen molar-refractivity contribution in [2.24, 2.45) is 0 Å². The second-order valence-corrected chi connectivity index (χ2v) is 29.9. The van der Waals surface area contributed by atoms with E-state index in [1.807, 2.05) is 0 Å². The van der Waals surface area contributed by atoms with Gasteiger partial charge in [-0.1, -0.05) is 309 Å². The van der Waals surface area contributed by atoms with Crippen molar-refractivity contribution < 1.29 is 80.2 Å². The molecule has 0 radical (unpaired) electrons. The Labute approximate surface area is 586 Å². The van der Waals surface area contributed by atoms with E-state index in [4.69, 9.17) is 37.0 Å². The number of phosphoric ester groups is 2. The van der Waals surface area contributed by atoms with Gasteiger partial charge in [-0.05, 0) is 77.0 Å². The minimum atomic E-state index is -4.96. The van der Waals surface area contributed by atoms with E-state index >= 15 is 0 Å². The number of hydrogen-bond acceptors (Lipinski definition) is 15. The van der Waals surface area contributed by atoms with Gasteiger partial charge in [0.1, 0.15) is 19.3 Å². The van der Waals surface area contributed by atoms with Crippen molar-refractivity contribution >= 4 is 39.5 Å². The summed E-state index contributed by atoms with van der Waals surface area (Å²) in [6, 6.07) is 0. The quantitative estimate of drug-likeness (QED) is 0.0169. The molecule has 0 saturated heterocycles. The number of hydrogen-bond donors (Lipinski definition) is 3. The second-order valence-electron chi connectivity index (χ2n) is 27.0. The van der Waals surface area contributed by atoms with Crippen LogP contribution >= 0.6 is 15.6 Å². The fourth-order valence-electron chi connectivity index (χ4n) is 11.3. The van der Waals surface area contributed by atoms with Crippen molar-refractivity contribution in [1.82, 2.24) is 0 Å². The molecule has 0 spiro atoms. The van der Waals surface area contributed by atoms with E-state index in [9.17, 15) is 43.2 Å². The number of aliphatic hydroxyl groups is 1. The normalized spacial score (nSPS) is 14.0. The Balaban J connectivity index is 5.29. The standard InChI is InChI=1S/C77H146O17P2/c1-5-9-13-17-21-25-29-33-35-39-42-46-50-54-58-62-75(80)88-68-73(94-77(82)64-60-56-52-48-44-40-36-34-30-26-22-18-14-10-6-2)70-92-96(85,86)90-66-71(78)65-89-95(83,84)91-69-72(93-76(81)63-59-55-51-47-43-38-32-28-24-20-16-12-8-4)67-87-74(79)61-57-53-49-45-41-37-31-27-23-19-15-11-7-3/h27,31,33,35,71-73,78H,5-26,28-30,32,34,36-70H2,1-4H3,(H,83,84)(H,85,86)/b31-27-,35-33-. The zero-order chi connectivity index (χ0) is 70.4. The molecule has 0 heterocycles. The van der Waals surface area contributed by atoms with Crippen LogP contribution in [-0.2, 0) is 65.4 Å². The van der Waals surface area contributed by atoms with E-state index in [1.165, 1.54) is 180 Å². The van der Waals surface area contributed by atoms with Crippen molar-refractivity contribution in [2.45, 2.75) is 406 Å². The number of phosphoric acid groups is 2. The molecule has 0 bridgehead atoms. The Morgan fingerprint density at radius 1 is 0.281 bits per heavy atom. The Morgan fingerprint density at radius 3 is 0.729 bits per heavy atom. The number of aliphatic hydroxyl groups excluding tert-OH is 1. The highest BCUT2D eigenvalue weighted by Crippen LogP contribution is 2.45. The van der Waals surface area contributed by atoms with Gasteiger partial charge in [-0.2, -0.15) is 0 Å². The van der Waals surface area contributed by atoms with E-state index < -0.39 is 97.5 Å². The predicted octanol–water partition coefficient (Wildman–Crippen LogP) is 22.6. The number of unbranched alkanes of at least 4 members (excludes halogenated alkanes) is 46. The lowest BCUT2D eigenvalue weighted by Crippen LogP contribution is -2.30. The molecule has 0 aromatic rings. The maximum absolute atomic E-state index is 13.1. The number of carbonyl (C=O) groups excluding carboxylic acids is 4. The summed E-state index contributed by atoms with van der Waals surface area (Å²) < 4.78 is 68.5. The monoisotopic (exact) mass is 1410 g/mol. The van der Waals surface area contributed by atoms with E-state index in [2.05, 4.69) is 52.0 Å². The summed E-state index contributed by atoms with van der Waals surface area (Å²) in [5, 5.41) is 10.6. The summed E-state index contributed by atoms with van der Waals surface area (Å²) in [7, 11) is -9.92. The first-order valence-corrected chi connectivity index (χ1v) is 42.6. The zero-order valence-corrected chi connectivity index (χ0v) is 63.6. The van der Waals surface area contributed by atoms with E-state index in [0.717, 1.165) is 128 Å². The van der Waals surface area contributed by atoms with Crippen LogP contribution in [0.25, 0.3) is 0 Å². The van der Waals surface area contributed by atoms with Gasteiger partial charge in [0.05, 0.1) is 26.4 Å². The molecule has 5 unspecified atom stereocenters. The van der Waals surface area contributed by atoms with Gasteiger partial charge in [-0.15, -0.1) is 0 Å². The zero-order valence-electron chi connectivity index (χ0n) is 61.8. The van der Waals surface area contributed by atoms with Gasteiger partial charge in [0.15, 0.2) is 12.2 Å². The van der Waals surface area contributed by atoms with Crippen molar-refractivity contribution in [2.75, 3.05) is 39.6 Å². The molecule has 0 aromatic carbocycles. The molecule has 0 aliphatic rings. The fourth-order valence-corrected chi connectivity index (χ4v) is 12.9. The van der Waals surface area contributed by atoms with Gasteiger partial charge in [-0.3, -0.25) is 37.3 Å². The van der Waals surface area contributed by atoms with Crippen LogP contribution in [0.5, 0.6) is 0 Å². The van der Waals surface area contributed by atoms with E-state index in [0.29, 0.717) is 25.7 Å². The summed E-state index contributed by atoms with van der Waals surface area (Å²) in [6.45, 7) is 4.94. The number of carbonyl (C=O) groups is 4. The molecule has 5 atom stereocenters. The topological polar surface area (TPSA) is 237 Å². The molecule has 96 heavy (non-hydrogen) atoms. The summed E-state index contributed by atoms with van der Waals surface area (Å²) in [6.07, 6.45) is 64.4. The van der Waals surface area contributed by atoms with Gasteiger partial charge in [0, 0.05) is 25.7 Å². The highest BCUT2D eigenvalue weighted by atomic mass is 31.2. The average Bonchev–Trinajstić information content (AvgIpc) is 1.17. The SMILES string of the molecule is CCCCCC/C=C\CCCCCCCC(=O)OCC(COP(=O)(O)OCC(O)COP(=O)(O)OCC(COC(=O)CCCCCCC/C=C\CCCCCCCC)OC(=O)CCCCCCCCCCCCCCCCC)OC(=O)CCCCCCCCCCCCCCC. The smallest absolute Gasteiger partial charge is 0.462 e. The van der Waals surface area contributed by atoms with Crippen molar-refractivity contribution in [1.29, 1.82) is 0 Å². The molecule has 3 N–H and O–H groups in total. The number of ether oxygens (including phenoxy) is 4. The van der Waals surface area contributed by atoms with Crippen LogP contribution in [0.15, 0.2) is 24.3 Å². The molecular formula is C77H146O17P2. The first-order valence-electron chi connectivity index (χ1n) is 39.6. The first kappa shape index (κ1) is 93.5. The largest absolute Gasteiger partial charge is 0.472 e. The highest BCUT2D eigenvalue weighted by molar-refractivity contribution is 7.47. The number of rotatable bonds is 76. The first-order chi connectivity index (χ1) is 46.7. The van der Waals surface area contributed by atoms with Gasteiger partial charge >= 0.3 is 39.5 Å². The molecule has 0 fully saturated rings. The van der Waals surface area contributed by atoms with Crippen LogP contribution in [0.2, 0.25) is 0 Å². The second kappa shape index (κ2) is 71.0. The Hall–Kier alpha value is -2.46. The fraction of sp³-hybridized carbons (Fsp3) is 0.896. The van der Waals surface area contributed by atoms with Crippen LogP contribution in [0.3, 0.4) is 0 Å². The van der Waals surface area contributed by atoms with Crippen molar-refractivity contribution in [3.8, 4) is 0 Å². The van der Waals surface area contributed by atoms with Crippen LogP contribution in [0.1, 0.15) is 387 Å². The van der Waals surface area contributed by atoms with Gasteiger partial charge in [0.2, 0.25) is 0 Å². The molecule has 19 heteroatoms. The molecule has 566 valence electrons. The molecule has 0 amide bonds. The molecule has 0 aliphatic heterocycles. The summed E-state index contributed by atoms with van der Waals surface area (Å²) in [4.78, 5) is 72.9. The Kier molecular flexibility index (Phi) is 69.1. The lowest BCUT2D eigenvalue weighted by Gasteiger charge is -2.21.